The fraction of sp³-hybridized carbons (Fsp3) is 0.429. The van der Waals surface area contributed by atoms with Gasteiger partial charge in [0.05, 0.1) is 30.3 Å². The molecule has 1 aromatic heterocycles. The van der Waals surface area contributed by atoms with E-state index in [4.69, 9.17) is 4.74 Å². The number of hydrogen-bond acceptors (Lipinski definition) is 7. The molecule has 1 fully saturated rings. The molecular weight excluding hydrogens is 363 g/mol. The Kier molecular flexibility index (Phi) is 4.45. The Labute approximate surface area is 141 Å². The lowest BCUT2D eigenvalue weighted by molar-refractivity contribution is -0.0501. The Bertz CT molecular complexity index is 889. The van der Waals surface area contributed by atoms with Crippen LogP contribution in [0.15, 0.2) is 24.3 Å². The largest absolute Gasteiger partial charge is 0.534 e. The molecule has 0 radical (unpaired) electrons. The zero-order chi connectivity index (χ0) is 18.2. The predicted octanol–water partition coefficient (Wildman–Crippen LogP) is 2.08. The van der Waals surface area contributed by atoms with Crippen LogP contribution in [0.25, 0.3) is 11.0 Å². The fourth-order valence-electron chi connectivity index (χ4n) is 2.41. The Hall–Kier alpha value is -2.14. The summed E-state index contributed by atoms with van der Waals surface area (Å²) in [7, 11) is -5.86. The summed E-state index contributed by atoms with van der Waals surface area (Å²) in [6.45, 7) is 2.74. The number of aromatic nitrogens is 2. The van der Waals surface area contributed by atoms with Crippen LogP contribution in [0.4, 0.5) is 19.0 Å². The van der Waals surface area contributed by atoms with Gasteiger partial charge in [0, 0.05) is 6.54 Å². The summed E-state index contributed by atoms with van der Waals surface area (Å²) in [5.41, 5.74) is -4.93. The second kappa shape index (κ2) is 6.30. The smallest absolute Gasteiger partial charge is 0.377 e. The molecule has 0 saturated carbocycles. The molecule has 136 valence electrons. The van der Waals surface area contributed by atoms with Crippen LogP contribution >= 0.6 is 0 Å². The Morgan fingerprint density at radius 2 is 1.88 bits per heavy atom. The second-order valence-electron chi connectivity index (χ2n) is 5.44. The molecule has 1 atom stereocenters. The number of morpholine rings is 1. The molecule has 7 nitrogen and oxygen atoms in total. The summed E-state index contributed by atoms with van der Waals surface area (Å²) < 4.78 is 70.5. The minimum atomic E-state index is -5.86. The van der Waals surface area contributed by atoms with Crippen LogP contribution < -0.4 is 9.08 Å². The lowest BCUT2D eigenvalue weighted by Crippen LogP contribution is -2.44. The monoisotopic (exact) mass is 377 g/mol. The molecule has 25 heavy (non-hydrogen) atoms. The van der Waals surface area contributed by atoms with Crippen LogP contribution in [0.5, 0.6) is 5.88 Å². The van der Waals surface area contributed by atoms with Crippen LogP contribution in [0.3, 0.4) is 0 Å². The molecule has 0 spiro atoms. The van der Waals surface area contributed by atoms with E-state index in [-0.39, 0.29) is 17.4 Å². The van der Waals surface area contributed by atoms with Crippen molar-refractivity contribution in [2.45, 2.75) is 18.5 Å². The van der Waals surface area contributed by atoms with Gasteiger partial charge in [-0.3, -0.25) is 0 Å². The number of benzene rings is 1. The number of rotatable bonds is 3. The lowest BCUT2D eigenvalue weighted by Gasteiger charge is -2.34. The first-order chi connectivity index (χ1) is 11.7. The van der Waals surface area contributed by atoms with Crippen LogP contribution in [-0.4, -0.2) is 49.7 Å². The van der Waals surface area contributed by atoms with Gasteiger partial charge in [0.1, 0.15) is 0 Å². The normalized spacial score (nSPS) is 19.2. The van der Waals surface area contributed by atoms with E-state index in [1.165, 1.54) is 6.07 Å². The summed E-state index contributed by atoms with van der Waals surface area (Å²) in [5, 5.41) is 0. The van der Waals surface area contributed by atoms with Gasteiger partial charge in [0.25, 0.3) is 5.88 Å². The lowest BCUT2D eigenvalue weighted by atomic mass is 10.2. The molecule has 1 aliphatic heterocycles. The third-order valence-corrected chi connectivity index (χ3v) is 4.58. The van der Waals surface area contributed by atoms with Crippen molar-refractivity contribution in [2.24, 2.45) is 0 Å². The summed E-state index contributed by atoms with van der Waals surface area (Å²) in [5.74, 6) is -0.771. The minimum absolute atomic E-state index is 0.0673. The molecular formula is C14H14F3N3O4S. The summed E-state index contributed by atoms with van der Waals surface area (Å²) >= 11 is 0. The highest BCUT2D eigenvalue weighted by Gasteiger charge is 2.49. The molecule has 1 saturated heterocycles. The van der Waals surface area contributed by atoms with Crippen LogP contribution in [0, 0.1) is 0 Å². The van der Waals surface area contributed by atoms with Crippen LogP contribution in [-0.2, 0) is 14.9 Å². The molecule has 1 aromatic carbocycles. The average molecular weight is 377 g/mol. The molecule has 2 heterocycles. The number of para-hydroxylation sites is 2. The van der Waals surface area contributed by atoms with E-state index < -0.39 is 21.5 Å². The quantitative estimate of drug-likeness (QED) is 0.598. The van der Waals surface area contributed by atoms with Gasteiger partial charge >= 0.3 is 15.6 Å². The molecule has 0 aliphatic carbocycles. The van der Waals surface area contributed by atoms with Gasteiger partial charge in [-0.1, -0.05) is 12.1 Å². The highest BCUT2D eigenvalue weighted by molar-refractivity contribution is 7.88. The number of anilines is 1. The molecule has 1 aliphatic rings. The van der Waals surface area contributed by atoms with Crippen molar-refractivity contribution in [2.75, 3.05) is 24.7 Å². The number of ether oxygens (including phenoxy) is 1. The van der Waals surface area contributed by atoms with Gasteiger partial charge in [-0.05, 0) is 19.1 Å². The molecule has 2 aromatic rings. The standard InChI is InChI=1S/C14H14F3N3O4S/c1-9-8-23-7-6-20(9)12-13(24-25(21,22)14(15,16)17)19-11-5-3-2-4-10(11)18-12/h2-5,9H,6-8H2,1H3. The molecule has 1 unspecified atom stereocenters. The third-order valence-electron chi connectivity index (χ3n) is 3.63. The molecule has 0 N–H and O–H groups in total. The van der Waals surface area contributed by atoms with E-state index in [2.05, 4.69) is 14.2 Å². The van der Waals surface area contributed by atoms with Crippen molar-refractivity contribution in [3.63, 3.8) is 0 Å². The van der Waals surface area contributed by atoms with Gasteiger partial charge in [0.15, 0.2) is 5.82 Å². The SMILES string of the molecule is CC1COCCN1c1nc2ccccc2nc1OS(=O)(=O)C(F)(F)F. The average Bonchev–Trinajstić information content (AvgIpc) is 2.53. The summed E-state index contributed by atoms with van der Waals surface area (Å²) in [4.78, 5) is 9.82. The van der Waals surface area contributed by atoms with Crippen molar-refractivity contribution >= 4 is 27.0 Å². The topological polar surface area (TPSA) is 81.6 Å². The van der Waals surface area contributed by atoms with Crippen molar-refractivity contribution < 1.29 is 30.5 Å². The molecule has 11 heteroatoms. The predicted molar refractivity (Wildman–Crippen MR) is 82.8 cm³/mol. The maximum atomic E-state index is 12.7. The zero-order valence-electron chi connectivity index (χ0n) is 13.0. The van der Waals surface area contributed by atoms with E-state index in [9.17, 15) is 21.6 Å². The first-order valence-electron chi connectivity index (χ1n) is 7.31. The summed E-state index contributed by atoms with van der Waals surface area (Å²) in [6.07, 6.45) is 0. The Morgan fingerprint density at radius 1 is 1.24 bits per heavy atom. The van der Waals surface area contributed by atoms with Crippen molar-refractivity contribution in [1.29, 1.82) is 0 Å². The number of nitrogens with zero attached hydrogens (tertiary/aromatic N) is 3. The van der Waals surface area contributed by atoms with Gasteiger partial charge < -0.3 is 13.8 Å². The van der Waals surface area contributed by atoms with Gasteiger partial charge in [0.2, 0.25) is 0 Å². The van der Waals surface area contributed by atoms with E-state index in [1.807, 2.05) is 0 Å². The molecule has 0 bridgehead atoms. The van der Waals surface area contributed by atoms with Gasteiger partial charge in [-0.25, -0.2) is 9.97 Å². The third kappa shape index (κ3) is 3.47. The molecule has 0 amide bonds. The number of alkyl halides is 3. The Balaban J connectivity index is 2.13. The van der Waals surface area contributed by atoms with Crippen molar-refractivity contribution in [3.05, 3.63) is 24.3 Å². The van der Waals surface area contributed by atoms with E-state index in [0.717, 1.165) is 0 Å². The fourth-order valence-corrected chi connectivity index (χ4v) is 2.82. The maximum Gasteiger partial charge on any atom is 0.534 e. The summed E-state index contributed by atoms with van der Waals surface area (Å²) in [6, 6.07) is 6.19. The van der Waals surface area contributed by atoms with Crippen molar-refractivity contribution in [3.8, 4) is 5.88 Å². The first-order valence-corrected chi connectivity index (χ1v) is 8.72. The highest BCUT2D eigenvalue weighted by Crippen LogP contribution is 2.33. The first kappa shape index (κ1) is 17.7. The van der Waals surface area contributed by atoms with Gasteiger partial charge in [-0.2, -0.15) is 21.6 Å². The number of halogens is 3. The van der Waals surface area contributed by atoms with E-state index >= 15 is 0 Å². The van der Waals surface area contributed by atoms with Crippen molar-refractivity contribution in [1.82, 2.24) is 9.97 Å². The van der Waals surface area contributed by atoms with E-state index in [1.54, 1.807) is 30.0 Å². The Morgan fingerprint density at radius 3 is 2.48 bits per heavy atom. The number of fused-ring (bicyclic) bond motifs is 1. The van der Waals surface area contributed by atoms with Gasteiger partial charge in [-0.15, -0.1) is 0 Å². The van der Waals surface area contributed by atoms with Crippen LogP contribution in [0.1, 0.15) is 6.92 Å². The molecule has 3 rings (SSSR count). The number of hydrogen-bond donors (Lipinski definition) is 0. The maximum absolute atomic E-state index is 12.7. The van der Waals surface area contributed by atoms with E-state index in [0.29, 0.717) is 25.3 Å². The zero-order valence-corrected chi connectivity index (χ0v) is 13.8. The highest BCUT2D eigenvalue weighted by atomic mass is 32.2. The van der Waals surface area contributed by atoms with Crippen LogP contribution in [0.2, 0.25) is 0 Å². The minimum Gasteiger partial charge on any atom is -0.377 e. The second-order valence-corrected chi connectivity index (χ2v) is 6.98.